The second-order valence-electron chi connectivity index (χ2n) is 4.09. The molecule has 1 aromatic carbocycles. The van der Waals surface area contributed by atoms with Gasteiger partial charge in [0.1, 0.15) is 5.82 Å². The lowest BCUT2D eigenvalue weighted by Gasteiger charge is -2.08. The second kappa shape index (κ2) is 4.30. The van der Waals surface area contributed by atoms with Gasteiger partial charge >= 0.3 is 0 Å². The zero-order valence-electron chi connectivity index (χ0n) is 9.94. The Morgan fingerprint density at radius 3 is 2.82 bits per heavy atom. The van der Waals surface area contributed by atoms with E-state index in [2.05, 4.69) is 17.2 Å². The molecule has 0 aliphatic heterocycles. The summed E-state index contributed by atoms with van der Waals surface area (Å²) in [6.45, 7) is 4.07. The maximum atomic E-state index is 8.67. The van der Waals surface area contributed by atoms with Crippen LogP contribution in [0.1, 0.15) is 16.7 Å². The van der Waals surface area contributed by atoms with Gasteiger partial charge in [0.2, 0.25) is 0 Å². The summed E-state index contributed by atoms with van der Waals surface area (Å²) in [4.78, 5) is 0. The number of nitriles is 1. The molecule has 0 radical (unpaired) electrons. The highest BCUT2D eigenvalue weighted by Crippen LogP contribution is 2.21. The molecular weight excluding hydrogens is 212 g/mol. The van der Waals surface area contributed by atoms with Crippen molar-refractivity contribution in [1.29, 1.82) is 5.26 Å². The normalized spacial score (nSPS) is 10.2. The molecule has 0 saturated carbocycles. The average molecular weight is 226 g/mol. The van der Waals surface area contributed by atoms with Gasteiger partial charge in [-0.25, -0.2) is 4.68 Å². The van der Waals surface area contributed by atoms with Crippen molar-refractivity contribution < 1.29 is 0 Å². The van der Waals surface area contributed by atoms with Gasteiger partial charge in [0.25, 0.3) is 0 Å². The van der Waals surface area contributed by atoms with Crippen LogP contribution in [0.15, 0.2) is 24.4 Å². The number of benzene rings is 1. The van der Waals surface area contributed by atoms with Crippen LogP contribution in [0.2, 0.25) is 0 Å². The molecule has 0 amide bonds. The molecule has 0 spiro atoms. The van der Waals surface area contributed by atoms with Gasteiger partial charge in [-0.1, -0.05) is 17.7 Å². The third-order valence-corrected chi connectivity index (χ3v) is 2.74. The molecule has 4 nitrogen and oxygen atoms in total. The molecule has 1 heterocycles. The standard InChI is InChI=1S/C13H14N4/c1-9-3-4-12(10(2)7-9)17-13(15)11(5-6-14)8-16-17/h3-4,7-8H,5,15H2,1-2H3. The van der Waals surface area contributed by atoms with Crippen molar-refractivity contribution in [2.24, 2.45) is 0 Å². The quantitative estimate of drug-likeness (QED) is 0.853. The van der Waals surface area contributed by atoms with E-state index in [1.165, 1.54) is 5.56 Å². The van der Waals surface area contributed by atoms with Gasteiger partial charge in [0.05, 0.1) is 24.4 Å². The minimum absolute atomic E-state index is 0.288. The molecule has 0 saturated heterocycles. The van der Waals surface area contributed by atoms with Crippen LogP contribution in [0, 0.1) is 25.2 Å². The van der Waals surface area contributed by atoms with Gasteiger partial charge < -0.3 is 5.73 Å². The molecule has 1 aromatic heterocycles. The predicted molar refractivity (Wildman–Crippen MR) is 66.8 cm³/mol. The van der Waals surface area contributed by atoms with Crippen LogP contribution in [0.5, 0.6) is 0 Å². The van der Waals surface area contributed by atoms with E-state index in [1.54, 1.807) is 10.9 Å². The zero-order chi connectivity index (χ0) is 12.4. The Kier molecular flexibility index (Phi) is 2.84. The van der Waals surface area contributed by atoms with Crippen LogP contribution in [0.4, 0.5) is 5.82 Å². The van der Waals surface area contributed by atoms with Crippen LogP contribution in [0.3, 0.4) is 0 Å². The minimum Gasteiger partial charge on any atom is -0.383 e. The number of hydrogen-bond acceptors (Lipinski definition) is 3. The van der Waals surface area contributed by atoms with E-state index < -0.39 is 0 Å². The van der Waals surface area contributed by atoms with Crippen LogP contribution in [-0.4, -0.2) is 9.78 Å². The number of nitrogens with zero attached hydrogens (tertiary/aromatic N) is 3. The van der Waals surface area contributed by atoms with Crippen molar-refractivity contribution in [3.05, 3.63) is 41.1 Å². The summed E-state index contributed by atoms with van der Waals surface area (Å²) in [5, 5.41) is 12.9. The average Bonchev–Trinajstić information content (AvgIpc) is 2.62. The molecular formula is C13H14N4. The summed E-state index contributed by atoms with van der Waals surface area (Å²) < 4.78 is 1.68. The Hall–Kier alpha value is -2.28. The first-order valence-corrected chi connectivity index (χ1v) is 5.40. The molecule has 0 bridgehead atoms. The van der Waals surface area contributed by atoms with Crippen molar-refractivity contribution in [2.75, 3.05) is 5.73 Å². The Bertz CT molecular complexity index is 590. The topological polar surface area (TPSA) is 67.6 Å². The maximum absolute atomic E-state index is 8.67. The monoisotopic (exact) mass is 226 g/mol. The van der Waals surface area contributed by atoms with Crippen molar-refractivity contribution in [1.82, 2.24) is 9.78 Å². The van der Waals surface area contributed by atoms with E-state index >= 15 is 0 Å². The summed E-state index contributed by atoms with van der Waals surface area (Å²) in [5.41, 5.74) is 10.0. The van der Waals surface area contributed by atoms with Crippen molar-refractivity contribution in [2.45, 2.75) is 20.3 Å². The van der Waals surface area contributed by atoms with Crippen LogP contribution in [0.25, 0.3) is 5.69 Å². The first-order valence-electron chi connectivity index (χ1n) is 5.40. The first-order chi connectivity index (χ1) is 8.13. The van der Waals surface area contributed by atoms with Gasteiger partial charge in [0.15, 0.2) is 0 Å². The molecule has 0 atom stereocenters. The van der Waals surface area contributed by atoms with Crippen LogP contribution in [-0.2, 0) is 6.42 Å². The SMILES string of the molecule is Cc1ccc(-n2ncc(CC#N)c2N)c(C)c1. The van der Waals surface area contributed by atoms with Crippen LogP contribution < -0.4 is 5.73 Å². The summed E-state index contributed by atoms with van der Waals surface area (Å²) in [6.07, 6.45) is 1.94. The number of nitrogen functional groups attached to an aromatic ring is 1. The molecule has 4 heteroatoms. The van der Waals surface area contributed by atoms with Crippen molar-refractivity contribution >= 4 is 5.82 Å². The number of nitrogens with two attached hydrogens (primary N) is 1. The van der Waals surface area contributed by atoms with Gasteiger partial charge in [-0.3, -0.25) is 0 Å². The summed E-state index contributed by atoms with van der Waals surface area (Å²) >= 11 is 0. The molecule has 2 aromatic rings. The maximum Gasteiger partial charge on any atom is 0.131 e. The lowest BCUT2D eigenvalue weighted by atomic mass is 10.1. The molecule has 2 rings (SSSR count). The molecule has 2 N–H and O–H groups in total. The fourth-order valence-corrected chi connectivity index (χ4v) is 1.85. The number of aromatic nitrogens is 2. The highest BCUT2D eigenvalue weighted by atomic mass is 15.3. The Morgan fingerprint density at radius 2 is 2.18 bits per heavy atom. The zero-order valence-corrected chi connectivity index (χ0v) is 9.94. The lowest BCUT2D eigenvalue weighted by molar-refractivity contribution is 0.882. The Labute approximate surface area is 100 Å². The molecule has 0 aliphatic rings. The summed E-state index contributed by atoms with van der Waals surface area (Å²) in [7, 11) is 0. The molecule has 0 aliphatic carbocycles. The van der Waals surface area contributed by atoms with Gasteiger partial charge in [-0.05, 0) is 25.5 Å². The number of rotatable bonds is 2. The van der Waals surface area contributed by atoms with Crippen molar-refractivity contribution in [3.8, 4) is 11.8 Å². The predicted octanol–water partition coefficient (Wildman–Crippen LogP) is 2.14. The first kappa shape index (κ1) is 11.2. The minimum atomic E-state index is 0.288. The molecule has 0 fully saturated rings. The molecule has 17 heavy (non-hydrogen) atoms. The largest absolute Gasteiger partial charge is 0.383 e. The summed E-state index contributed by atoms with van der Waals surface area (Å²) in [5.74, 6) is 0.540. The van der Waals surface area contributed by atoms with E-state index in [0.717, 1.165) is 16.8 Å². The van der Waals surface area contributed by atoms with Gasteiger partial charge in [0, 0.05) is 5.56 Å². The van der Waals surface area contributed by atoms with E-state index in [4.69, 9.17) is 11.0 Å². The molecule has 86 valence electrons. The third kappa shape index (κ3) is 2.00. The van der Waals surface area contributed by atoms with Gasteiger partial charge in [-0.2, -0.15) is 10.4 Å². The number of hydrogen-bond donors (Lipinski definition) is 1. The smallest absolute Gasteiger partial charge is 0.131 e. The Morgan fingerprint density at radius 1 is 1.41 bits per heavy atom. The lowest BCUT2D eigenvalue weighted by Crippen LogP contribution is -2.04. The van der Waals surface area contributed by atoms with E-state index in [0.29, 0.717) is 5.82 Å². The van der Waals surface area contributed by atoms with Gasteiger partial charge in [-0.15, -0.1) is 0 Å². The third-order valence-electron chi connectivity index (χ3n) is 2.74. The summed E-state index contributed by atoms with van der Waals surface area (Å²) in [6, 6.07) is 8.18. The number of aryl methyl sites for hydroxylation is 2. The van der Waals surface area contributed by atoms with Crippen molar-refractivity contribution in [3.63, 3.8) is 0 Å². The van der Waals surface area contributed by atoms with E-state index in [-0.39, 0.29) is 6.42 Å². The number of anilines is 1. The second-order valence-corrected chi connectivity index (χ2v) is 4.09. The van der Waals surface area contributed by atoms with E-state index in [9.17, 15) is 0 Å². The molecule has 0 unspecified atom stereocenters. The fourth-order valence-electron chi connectivity index (χ4n) is 1.85. The highest BCUT2D eigenvalue weighted by molar-refractivity contribution is 5.51. The highest BCUT2D eigenvalue weighted by Gasteiger charge is 2.10. The Balaban J connectivity index is 2.50. The fraction of sp³-hybridized carbons (Fsp3) is 0.231. The van der Waals surface area contributed by atoms with Crippen LogP contribution >= 0.6 is 0 Å². The van der Waals surface area contributed by atoms with E-state index in [1.807, 2.05) is 26.0 Å².